The Hall–Kier alpha value is -2.63. The average Bonchev–Trinajstić information content (AvgIpc) is 2.53. The van der Waals surface area contributed by atoms with Crippen molar-refractivity contribution in [3.63, 3.8) is 0 Å². The summed E-state index contributed by atoms with van der Waals surface area (Å²) in [5.41, 5.74) is 0.537. The van der Waals surface area contributed by atoms with Crippen LogP contribution >= 0.6 is 0 Å². The fourth-order valence-electron chi connectivity index (χ4n) is 1.77. The van der Waals surface area contributed by atoms with Gasteiger partial charge in [-0.25, -0.2) is 9.97 Å². The largest absolute Gasteiger partial charge is 0.493 e. The van der Waals surface area contributed by atoms with Gasteiger partial charge in [-0.15, -0.1) is 0 Å². The van der Waals surface area contributed by atoms with Gasteiger partial charge in [-0.3, -0.25) is 4.79 Å². The Bertz CT molecular complexity index is 575. The minimum atomic E-state index is -0.158. The lowest BCUT2D eigenvalue weighted by Gasteiger charge is -2.10. The van der Waals surface area contributed by atoms with E-state index in [1.165, 1.54) is 0 Å². The maximum absolute atomic E-state index is 12.1. The molecule has 0 bridgehead atoms. The SMILES string of the molecule is CCOc1ccccc1C(=O)NCCNc1ncccn1. The van der Waals surface area contributed by atoms with E-state index in [9.17, 15) is 4.79 Å². The Morgan fingerprint density at radius 2 is 1.90 bits per heavy atom. The monoisotopic (exact) mass is 286 g/mol. The first-order chi connectivity index (χ1) is 10.3. The van der Waals surface area contributed by atoms with Crippen LogP contribution in [0.15, 0.2) is 42.7 Å². The minimum Gasteiger partial charge on any atom is -0.493 e. The zero-order valence-corrected chi connectivity index (χ0v) is 11.9. The molecule has 21 heavy (non-hydrogen) atoms. The highest BCUT2D eigenvalue weighted by Crippen LogP contribution is 2.17. The van der Waals surface area contributed by atoms with Crippen LogP contribution in [0.4, 0.5) is 5.95 Å². The second kappa shape index (κ2) is 7.84. The molecule has 6 nitrogen and oxygen atoms in total. The third-order valence-electron chi connectivity index (χ3n) is 2.69. The zero-order valence-electron chi connectivity index (χ0n) is 11.9. The Morgan fingerprint density at radius 3 is 2.67 bits per heavy atom. The minimum absolute atomic E-state index is 0.158. The molecule has 1 amide bonds. The number of carbonyl (C=O) groups excluding carboxylic acids is 1. The Kier molecular flexibility index (Phi) is 5.51. The van der Waals surface area contributed by atoms with Crippen LogP contribution in [0.25, 0.3) is 0 Å². The van der Waals surface area contributed by atoms with Crippen molar-refractivity contribution in [1.82, 2.24) is 15.3 Å². The van der Waals surface area contributed by atoms with E-state index in [0.717, 1.165) is 0 Å². The molecule has 0 aliphatic carbocycles. The molecular weight excluding hydrogens is 268 g/mol. The van der Waals surface area contributed by atoms with Gasteiger partial charge in [-0.2, -0.15) is 0 Å². The van der Waals surface area contributed by atoms with E-state index in [-0.39, 0.29) is 5.91 Å². The summed E-state index contributed by atoms with van der Waals surface area (Å²) < 4.78 is 5.44. The first kappa shape index (κ1) is 14.8. The number of para-hydroxylation sites is 1. The molecule has 0 fully saturated rings. The number of nitrogens with one attached hydrogen (secondary N) is 2. The first-order valence-corrected chi connectivity index (χ1v) is 6.82. The summed E-state index contributed by atoms with van der Waals surface area (Å²) in [6.45, 7) is 3.43. The van der Waals surface area contributed by atoms with Crippen LogP contribution in [-0.4, -0.2) is 35.6 Å². The standard InChI is InChI=1S/C15H18N4O2/c1-2-21-13-7-4-3-6-12(13)14(20)16-10-11-19-15-17-8-5-9-18-15/h3-9H,2,10-11H2,1H3,(H,16,20)(H,17,18,19). The molecule has 0 aliphatic heterocycles. The lowest BCUT2D eigenvalue weighted by molar-refractivity contribution is 0.0951. The third-order valence-corrected chi connectivity index (χ3v) is 2.69. The van der Waals surface area contributed by atoms with Crippen LogP contribution in [0.5, 0.6) is 5.75 Å². The van der Waals surface area contributed by atoms with E-state index in [2.05, 4.69) is 20.6 Å². The van der Waals surface area contributed by atoms with E-state index in [1.54, 1.807) is 30.6 Å². The molecule has 2 rings (SSSR count). The molecule has 2 aromatic rings. The number of nitrogens with zero attached hydrogens (tertiary/aromatic N) is 2. The highest BCUT2D eigenvalue weighted by Gasteiger charge is 2.10. The molecule has 0 atom stereocenters. The lowest BCUT2D eigenvalue weighted by Crippen LogP contribution is -2.29. The topological polar surface area (TPSA) is 76.1 Å². The van der Waals surface area contributed by atoms with Crippen LogP contribution < -0.4 is 15.4 Å². The van der Waals surface area contributed by atoms with Gasteiger partial charge >= 0.3 is 0 Å². The van der Waals surface area contributed by atoms with Crippen LogP contribution in [-0.2, 0) is 0 Å². The van der Waals surface area contributed by atoms with Gasteiger partial charge in [-0.05, 0) is 25.1 Å². The quantitative estimate of drug-likeness (QED) is 0.758. The maximum Gasteiger partial charge on any atom is 0.255 e. The highest BCUT2D eigenvalue weighted by molar-refractivity contribution is 5.96. The Balaban J connectivity index is 1.82. The molecule has 110 valence electrons. The summed E-state index contributed by atoms with van der Waals surface area (Å²) in [5, 5.41) is 5.85. The summed E-state index contributed by atoms with van der Waals surface area (Å²) in [5.74, 6) is 0.980. The molecule has 0 spiro atoms. The molecule has 2 N–H and O–H groups in total. The fourth-order valence-corrected chi connectivity index (χ4v) is 1.77. The van der Waals surface area contributed by atoms with Crippen molar-refractivity contribution in [2.24, 2.45) is 0 Å². The van der Waals surface area contributed by atoms with Gasteiger partial charge in [0.15, 0.2) is 0 Å². The highest BCUT2D eigenvalue weighted by atomic mass is 16.5. The molecule has 0 aliphatic rings. The molecule has 0 saturated carbocycles. The van der Waals surface area contributed by atoms with Crippen molar-refractivity contribution in [3.8, 4) is 5.75 Å². The molecule has 0 radical (unpaired) electrons. The molecule has 0 saturated heterocycles. The smallest absolute Gasteiger partial charge is 0.255 e. The van der Waals surface area contributed by atoms with Gasteiger partial charge in [0.2, 0.25) is 5.95 Å². The number of aromatic nitrogens is 2. The van der Waals surface area contributed by atoms with Crippen LogP contribution in [0, 0.1) is 0 Å². The second-order valence-corrected chi connectivity index (χ2v) is 4.18. The molecule has 0 unspecified atom stereocenters. The molecule has 1 aromatic heterocycles. The normalized spacial score (nSPS) is 9.95. The number of ether oxygens (including phenoxy) is 1. The van der Waals surface area contributed by atoms with Gasteiger partial charge in [0, 0.05) is 25.5 Å². The van der Waals surface area contributed by atoms with Gasteiger partial charge in [-0.1, -0.05) is 12.1 Å². The molecule has 1 heterocycles. The number of hydrogen-bond acceptors (Lipinski definition) is 5. The second-order valence-electron chi connectivity index (χ2n) is 4.18. The number of hydrogen-bond donors (Lipinski definition) is 2. The van der Waals surface area contributed by atoms with E-state index in [4.69, 9.17) is 4.74 Å². The summed E-state index contributed by atoms with van der Waals surface area (Å²) >= 11 is 0. The third kappa shape index (κ3) is 4.45. The maximum atomic E-state index is 12.1. The van der Waals surface area contributed by atoms with Crippen LogP contribution in [0.1, 0.15) is 17.3 Å². The predicted molar refractivity (Wildman–Crippen MR) is 80.5 cm³/mol. The van der Waals surface area contributed by atoms with Gasteiger partial charge in [0.1, 0.15) is 5.75 Å². The van der Waals surface area contributed by atoms with Crippen molar-refractivity contribution < 1.29 is 9.53 Å². The van der Waals surface area contributed by atoms with Gasteiger partial charge in [0.25, 0.3) is 5.91 Å². The summed E-state index contributed by atoms with van der Waals surface area (Å²) in [4.78, 5) is 20.2. The van der Waals surface area contributed by atoms with E-state index in [1.807, 2.05) is 19.1 Å². The fraction of sp³-hybridized carbons (Fsp3) is 0.267. The van der Waals surface area contributed by atoms with Crippen molar-refractivity contribution in [2.75, 3.05) is 25.0 Å². The van der Waals surface area contributed by atoms with Crippen molar-refractivity contribution in [1.29, 1.82) is 0 Å². The number of benzene rings is 1. The van der Waals surface area contributed by atoms with Gasteiger partial charge in [0.05, 0.1) is 12.2 Å². The van der Waals surface area contributed by atoms with Crippen LogP contribution in [0.3, 0.4) is 0 Å². The summed E-state index contributed by atoms with van der Waals surface area (Å²) in [6.07, 6.45) is 3.32. The molecule has 1 aromatic carbocycles. The summed E-state index contributed by atoms with van der Waals surface area (Å²) in [6, 6.07) is 8.93. The summed E-state index contributed by atoms with van der Waals surface area (Å²) in [7, 11) is 0. The lowest BCUT2D eigenvalue weighted by atomic mass is 10.2. The number of anilines is 1. The number of rotatable bonds is 7. The zero-order chi connectivity index (χ0) is 14.9. The Labute approximate surface area is 123 Å². The predicted octanol–water partition coefficient (Wildman–Crippen LogP) is 1.72. The van der Waals surface area contributed by atoms with E-state index in [0.29, 0.717) is 37.0 Å². The Morgan fingerprint density at radius 1 is 1.14 bits per heavy atom. The number of amides is 1. The molecular formula is C15H18N4O2. The molecule has 6 heteroatoms. The van der Waals surface area contributed by atoms with Crippen LogP contribution in [0.2, 0.25) is 0 Å². The van der Waals surface area contributed by atoms with E-state index < -0.39 is 0 Å². The van der Waals surface area contributed by atoms with E-state index >= 15 is 0 Å². The van der Waals surface area contributed by atoms with Crippen molar-refractivity contribution >= 4 is 11.9 Å². The van der Waals surface area contributed by atoms with Crippen molar-refractivity contribution in [2.45, 2.75) is 6.92 Å². The number of carbonyl (C=O) groups is 1. The first-order valence-electron chi connectivity index (χ1n) is 6.82. The average molecular weight is 286 g/mol. The van der Waals surface area contributed by atoms with Crippen molar-refractivity contribution in [3.05, 3.63) is 48.3 Å². The van der Waals surface area contributed by atoms with Gasteiger partial charge < -0.3 is 15.4 Å².